The average Bonchev–Trinajstić information content (AvgIpc) is 3.34. The van der Waals surface area contributed by atoms with Crippen LogP contribution in [0.25, 0.3) is 16.3 Å². The van der Waals surface area contributed by atoms with Crippen LogP contribution >= 0.6 is 0 Å². The molecule has 2 aromatic heterocycles. The Morgan fingerprint density at radius 3 is 2.05 bits per heavy atom. The fraction of sp³-hybridized carbons (Fsp3) is 0.310. The van der Waals surface area contributed by atoms with E-state index in [0.717, 1.165) is 0 Å². The van der Waals surface area contributed by atoms with Crippen LogP contribution in [0.15, 0.2) is 63.6 Å². The normalized spacial score (nSPS) is 12.2. The molecule has 0 radical (unpaired) electrons. The van der Waals surface area contributed by atoms with Crippen molar-refractivity contribution in [1.82, 2.24) is 9.83 Å². The highest BCUT2D eigenvalue weighted by atomic mass is 32.2. The van der Waals surface area contributed by atoms with Crippen molar-refractivity contribution in [2.24, 2.45) is 5.10 Å². The van der Waals surface area contributed by atoms with Crippen molar-refractivity contribution in [1.29, 1.82) is 0 Å². The van der Waals surface area contributed by atoms with Crippen molar-refractivity contribution >= 4 is 48.1 Å². The molecule has 224 valence electrons. The van der Waals surface area contributed by atoms with Gasteiger partial charge in [-0.05, 0) is 36.4 Å². The van der Waals surface area contributed by atoms with E-state index in [4.69, 9.17) is 14.2 Å². The van der Waals surface area contributed by atoms with Gasteiger partial charge in [0, 0.05) is 17.1 Å². The molecular weight excluding hydrogens is 582 g/mol. The van der Waals surface area contributed by atoms with Crippen LogP contribution in [0.4, 0.5) is 0 Å². The van der Waals surface area contributed by atoms with Gasteiger partial charge in [0.25, 0.3) is 5.91 Å². The summed E-state index contributed by atoms with van der Waals surface area (Å²) in [6.45, 7) is 3.37. The molecule has 0 saturated carbocycles. The van der Waals surface area contributed by atoms with E-state index >= 15 is 0 Å². The van der Waals surface area contributed by atoms with E-state index in [0.29, 0.717) is 33.6 Å². The molecule has 0 bridgehead atoms. The number of methoxy groups -OCH3 is 3. The number of rotatable bonds is 12. The third-order valence-corrected chi connectivity index (χ3v) is 10.6. The van der Waals surface area contributed by atoms with Crippen LogP contribution in [0.3, 0.4) is 0 Å². The summed E-state index contributed by atoms with van der Waals surface area (Å²) >= 11 is 0. The number of sulfone groups is 2. The SMILES string of the molecule is CCCS(=O)(=O)c1c(S(=O)(=O)CCC)c2c3ccccc3ccn2c1C(=O)NN=Cc1cc(OC)c(OC)c(OC)c1. The fourth-order valence-electron chi connectivity index (χ4n) is 4.89. The van der Waals surface area contributed by atoms with Crippen LogP contribution in [-0.2, 0) is 19.7 Å². The highest BCUT2D eigenvalue weighted by Crippen LogP contribution is 2.39. The van der Waals surface area contributed by atoms with Crippen molar-refractivity contribution in [3.63, 3.8) is 0 Å². The van der Waals surface area contributed by atoms with Crippen LogP contribution in [0.5, 0.6) is 17.2 Å². The quantitative estimate of drug-likeness (QED) is 0.184. The number of pyridine rings is 1. The number of fused-ring (bicyclic) bond motifs is 3. The summed E-state index contributed by atoms with van der Waals surface area (Å²) in [7, 11) is -3.93. The molecule has 13 heteroatoms. The number of carbonyl (C=O) groups excluding carboxylic acids is 1. The Morgan fingerprint density at radius 2 is 1.48 bits per heavy atom. The van der Waals surface area contributed by atoms with Crippen LogP contribution < -0.4 is 19.6 Å². The summed E-state index contributed by atoms with van der Waals surface area (Å²) < 4.78 is 72.1. The molecule has 0 atom stereocenters. The Balaban J connectivity index is 1.94. The second-order valence-electron chi connectivity index (χ2n) is 9.42. The first-order valence-electron chi connectivity index (χ1n) is 13.2. The lowest BCUT2D eigenvalue weighted by molar-refractivity contribution is 0.0945. The zero-order valence-corrected chi connectivity index (χ0v) is 25.6. The van der Waals surface area contributed by atoms with Gasteiger partial charge in [-0.15, -0.1) is 0 Å². The summed E-state index contributed by atoms with van der Waals surface area (Å²) in [5, 5.41) is 5.24. The first-order chi connectivity index (χ1) is 20.0. The number of amides is 1. The first kappa shape index (κ1) is 30.8. The number of nitrogens with one attached hydrogen (secondary N) is 1. The fourth-order valence-corrected chi connectivity index (χ4v) is 8.88. The maximum atomic E-state index is 13.7. The maximum Gasteiger partial charge on any atom is 0.289 e. The molecular formula is C29H33N3O8S2. The van der Waals surface area contributed by atoms with Gasteiger partial charge in [-0.25, -0.2) is 22.3 Å². The van der Waals surface area contributed by atoms with E-state index in [2.05, 4.69) is 10.5 Å². The maximum absolute atomic E-state index is 13.7. The lowest BCUT2D eigenvalue weighted by atomic mass is 10.1. The average molecular weight is 616 g/mol. The molecule has 2 heterocycles. The number of ether oxygens (including phenoxy) is 3. The standard InChI is InChI=1S/C29H33N3O8S2/c1-6-14-41(34,35)27-24-21-11-9-8-10-20(21)12-13-32(24)25(28(27)42(36,37)15-7-2)29(33)31-30-18-19-16-22(38-3)26(40-5)23(17-19)39-4/h8-13,16-18H,6-7,14-15H2,1-5H3,(H,31,33). The topological polar surface area (TPSA) is 142 Å². The number of hydrazone groups is 1. The summed E-state index contributed by atoms with van der Waals surface area (Å²) in [5.74, 6) is -0.409. The van der Waals surface area contributed by atoms with Crippen LogP contribution in [0.2, 0.25) is 0 Å². The zero-order chi connectivity index (χ0) is 30.7. The van der Waals surface area contributed by atoms with Crippen LogP contribution in [0, 0.1) is 0 Å². The molecule has 0 fully saturated rings. The summed E-state index contributed by atoms with van der Waals surface area (Å²) in [6.07, 6.45) is 3.31. The predicted molar refractivity (Wildman–Crippen MR) is 161 cm³/mol. The van der Waals surface area contributed by atoms with Crippen molar-refractivity contribution in [2.75, 3.05) is 32.8 Å². The van der Waals surface area contributed by atoms with Gasteiger partial charge in [0.1, 0.15) is 15.5 Å². The Morgan fingerprint density at radius 1 is 0.881 bits per heavy atom. The minimum Gasteiger partial charge on any atom is -0.493 e. The minimum atomic E-state index is -4.21. The van der Waals surface area contributed by atoms with Crippen molar-refractivity contribution in [3.8, 4) is 17.2 Å². The van der Waals surface area contributed by atoms with Gasteiger partial charge in [-0.1, -0.05) is 38.1 Å². The van der Waals surface area contributed by atoms with Gasteiger partial charge >= 0.3 is 0 Å². The van der Waals surface area contributed by atoms with E-state index in [1.807, 2.05) is 0 Å². The minimum absolute atomic E-state index is 0.134. The molecule has 11 nitrogen and oxygen atoms in total. The number of aromatic nitrogens is 1. The summed E-state index contributed by atoms with van der Waals surface area (Å²) in [5.41, 5.74) is 2.67. The van der Waals surface area contributed by atoms with Gasteiger partial charge in [0.05, 0.1) is 44.6 Å². The molecule has 2 aromatic carbocycles. The Hall–Kier alpha value is -4.10. The number of hydrogen-bond acceptors (Lipinski definition) is 9. The van der Waals surface area contributed by atoms with Crippen LogP contribution in [0.1, 0.15) is 42.7 Å². The van der Waals surface area contributed by atoms with E-state index in [1.54, 1.807) is 56.3 Å². The van der Waals surface area contributed by atoms with E-state index in [-0.39, 0.29) is 40.5 Å². The van der Waals surface area contributed by atoms with E-state index in [9.17, 15) is 21.6 Å². The molecule has 0 spiro atoms. The van der Waals surface area contributed by atoms with E-state index < -0.39 is 30.5 Å². The predicted octanol–water partition coefficient (Wildman–Crippen LogP) is 4.25. The molecule has 0 aliphatic heterocycles. The zero-order valence-electron chi connectivity index (χ0n) is 24.0. The van der Waals surface area contributed by atoms with Crippen molar-refractivity contribution in [3.05, 3.63) is 59.9 Å². The summed E-state index contributed by atoms with van der Waals surface area (Å²) in [6, 6.07) is 11.9. The number of nitrogens with zero attached hydrogens (tertiary/aromatic N) is 2. The third kappa shape index (κ3) is 5.66. The molecule has 42 heavy (non-hydrogen) atoms. The molecule has 4 aromatic rings. The molecule has 0 saturated heterocycles. The first-order valence-corrected chi connectivity index (χ1v) is 16.5. The largest absolute Gasteiger partial charge is 0.493 e. The van der Waals surface area contributed by atoms with Crippen molar-refractivity contribution < 1.29 is 35.8 Å². The smallest absolute Gasteiger partial charge is 0.289 e. The van der Waals surface area contributed by atoms with Crippen LogP contribution in [-0.4, -0.2) is 66.2 Å². The van der Waals surface area contributed by atoms with Gasteiger partial charge in [0.15, 0.2) is 31.2 Å². The van der Waals surface area contributed by atoms with E-state index in [1.165, 1.54) is 38.1 Å². The highest BCUT2D eigenvalue weighted by Gasteiger charge is 2.37. The van der Waals surface area contributed by atoms with Gasteiger partial charge < -0.3 is 18.6 Å². The molecule has 1 amide bonds. The number of carbonyl (C=O) groups is 1. The number of hydrogen-bond donors (Lipinski definition) is 1. The molecule has 0 aliphatic rings. The Labute approximate surface area is 244 Å². The molecule has 1 N–H and O–H groups in total. The van der Waals surface area contributed by atoms with Gasteiger partial charge in [-0.3, -0.25) is 4.79 Å². The lowest BCUT2D eigenvalue weighted by Gasteiger charge is -2.12. The highest BCUT2D eigenvalue weighted by molar-refractivity contribution is 7.94. The van der Waals surface area contributed by atoms with Gasteiger partial charge in [0.2, 0.25) is 5.75 Å². The van der Waals surface area contributed by atoms with Gasteiger partial charge in [-0.2, -0.15) is 5.10 Å². The third-order valence-electron chi connectivity index (χ3n) is 6.59. The number of benzene rings is 2. The second-order valence-corrected chi connectivity index (χ2v) is 13.5. The molecule has 4 rings (SSSR count). The monoisotopic (exact) mass is 615 g/mol. The molecule has 0 aliphatic carbocycles. The van der Waals surface area contributed by atoms with Crippen molar-refractivity contribution in [2.45, 2.75) is 36.5 Å². The molecule has 0 unspecified atom stereocenters. The second kappa shape index (κ2) is 12.4. The lowest BCUT2D eigenvalue weighted by Crippen LogP contribution is -2.23. The summed E-state index contributed by atoms with van der Waals surface area (Å²) in [4.78, 5) is 12.8. The Bertz CT molecular complexity index is 1870. The Kier molecular flexibility index (Phi) is 9.12.